The summed E-state index contributed by atoms with van der Waals surface area (Å²) in [4.78, 5) is 19.1. The number of benzene rings is 2. The summed E-state index contributed by atoms with van der Waals surface area (Å²) >= 11 is 1.69. The number of carbonyl (C=O) groups is 1. The molecule has 5 heteroatoms. The summed E-state index contributed by atoms with van der Waals surface area (Å²) in [5.74, 6) is 0.896. The maximum absolute atomic E-state index is 12.9. The van der Waals surface area contributed by atoms with Gasteiger partial charge in [-0.3, -0.25) is 4.79 Å². The standard InChI is InChI=1S/C23H22N2O2S/c26-23(25-14-15-27-21(16-25)19-6-2-1-3-7-19)20-11-9-18(10-12-20)17-28-22-8-4-5-13-24-22/h1-13,21H,14-17H2. The first-order chi connectivity index (χ1) is 13.8. The first-order valence-corrected chi connectivity index (χ1v) is 10.4. The van der Waals surface area contributed by atoms with Crippen LogP contribution in [0.25, 0.3) is 0 Å². The van der Waals surface area contributed by atoms with Crippen LogP contribution in [0, 0.1) is 0 Å². The number of hydrogen-bond donors (Lipinski definition) is 0. The van der Waals surface area contributed by atoms with Gasteiger partial charge in [-0.05, 0) is 35.4 Å². The number of ether oxygens (including phenoxy) is 1. The average Bonchev–Trinajstić information content (AvgIpc) is 2.79. The molecule has 1 fully saturated rings. The van der Waals surface area contributed by atoms with Gasteiger partial charge in [-0.25, -0.2) is 4.98 Å². The fourth-order valence-electron chi connectivity index (χ4n) is 3.22. The average molecular weight is 391 g/mol. The van der Waals surface area contributed by atoms with E-state index < -0.39 is 0 Å². The van der Waals surface area contributed by atoms with Gasteiger partial charge in [0.15, 0.2) is 0 Å². The molecule has 0 bridgehead atoms. The van der Waals surface area contributed by atoms with Gasteiger partial charge in [0.1, 0.15) is 6.10 Å². The maximum atomic E-state index is 12.9. The summed E-state index contributed by atoms with van der Waals surface area (Å²) in [6.45, 7) is 1.77. The summed E-state index contributed by atoms with van der Waals surface area (Å²) in [5.41, 5.74) is 3.01. The van der Waals surface area contributed by atoms with Crippen LogP contribution in [0.3, 0.4) is 0 Å². The van der Waals surface area contributed by atoms with E-state index in [0.29, 0.717) is 19.7 Å². The molecule has 1 amide bonds. The Morgan fingerprint density at radius 3 is 2.57 bits per heavy atom. The van der Waals surface area contributed by atoms with Crippen LogP contribution in [-0.4, -0.2) is 35.5 Å². The minimum atomic E-state index is -0.0621. The second-order valence-electron chi connectivity index (χ2n) is 6.67. The summed E-state index contributed by atoms with van der Waals surface area (Å²) in [5, 5.41) is 1.00. The highest BCUT2D eigenvalue weighted by atomic mass is 32.2. The smallest absolute Gasteiger partial charge is 0.254 e. The van der Waals surface area contributed by atoms with Crippen LogP contribution in [0.5, 0.6) is 0 Å². The largest absolute Gasteiger partial charge is 0.370 e. The highest BCUT2D eigenvalue weighted by Crippen LogP contribution is 2.24. The normalized spacial score (nSPS) is 16.7. The molecular weight excluding hydrogens is 368 g/mol. The van der Waals surface area contributed by atoms with Crippen LogP contribution >= 0.6 is 11.8 Å². The maximum Gasteiger partial charge on any atom is 0.254 e. The number of aromatic nitrogens is 1. The lowest BCUT2D eigenvalue weighted by atomic mass is 10.1. The van der Waals surface area contributed by atoms with Gasteiger partial charge in [0.2, 0.25) is 0 Å². The van der Waals surface area contributed by atoms with E-state index in [2.05, 4.69) is 4.98 Å². The molecule has 4 rings (SSSR count). The monoisotopic (exact) mass is 390 g/mol. The molecule has 2 heterocycles. The summed E-state index contributed by atoms with van der Waals surface area (Å²) in [7, 11) is 0. The lowest BCUT2D eigenvalue weighted by Gasteiger charge is -2.33. The van der Waals surface area contributed by atoms with Gasteiger partial charge in [0.05, 0.1) is 18.2 Å². The molecule has 0 N–H and O–H groups in total. The van der Waals surface area contributed by atoms with Gasteiger partial charge in [-0.2, -0.15) is 0 Å². The van der Waals surface area contributed by atoms with Gasteiger partial charge in [0.25, 0.3) is 5.91 Å². The van der Waals surface area contributed by atoms with Crippen molar-refractivity contribution in [3.63, 3.8) is 0 Å². The van der Waals surface area contributed by atoms with E-state index in [1.807, 2.05) is 77.7 Å². The summed E-state index contributed by atoms with van der Waals surface area (Å²) in [6, 6.07) is 23.9. The second kappa shape index (κ2) is 9.04. The molecule has 4 nitrogen and oxygen atoms in total. The molecule has 1 aliphatic rings. The number of carbonyl (C=O) groups excluding carboxylic acids is 1. The van der Waals surface area contributed by atoms with E-state index in [9.17, 15) is 4.79 Å². The van der Waals surface area contributed by atoms with E-state index in [4.69, 9.17) is 4.74 Å². The Labute approximate surface area is 169 Å². The van der Waals surface area contributed by atoms with Crippen molar-refractivity contribution in [1.82, 2.24) is 9.88 Å². The minimum Gasteiger partial charge on any atom is -0.370 e. The molecule has 1 aromatic heterocycles. The molecule has 1 aliphatic heterocycles. The van der Waals surface area contributed by atoms with E-state index >= 15 is 0 Å². The van der Waals surface area contributed by atoms with Gasteiger partial charge >= 0.3 is 0 Å². The van der Waals surface area contributed by atoms with Gasteiger partial charge in [-0.15, -0.1) is 11.8 Å². The van der Waals surface area contributed by atoms with Gasteiger partial charge in [0, 0.05) is 24.1 Å². The zero-order valence-corrected chi connectivity index (χ0v) is 16.3. The van der Waals surface area contributed by atoms with Crippen molar-refractivity contribution in [3.8, 4) is 0 Å². The number of amides is 1. The van der Waals surface area contributed by atoms with Crippen molar-refractivity contribution in [2.75, 3.05) is 19.7 Å². The van der Waals surface area contributed by atoms with Crippen LogP contribution in [0.1, 0.15) is 27.6 Å². The van der Waals surface area contributed by atoms with Crippen molar-refractivity contribution in [2.24, 2.45) is 0 Å². The third kappa shape index (κ3) is 4.61. The summed E-state index contributed by atoms with van der Waals surface area (Å²) in [6.07, 6.45) is 1.74. The molecule has 1 atom stereocenters. The fourth-order valence-corrected chi connectivity index (χ4v) is 4.04. The van der Waals surface area contributed by atoms with Crippen molar-refractivity contribution in [3.05, 3.63) is 95.7 Å². The molecule has 3 aromatic rings. The number of hydrogen-bond acceptors (Lipinski definition) is 4. The number of nitrogens with zero attached hydrogens (tertiary/aromatic N) is 2. The quantitative estimate of drug-likeness (QED) is 0.598. The molecular formula is C23H22N2O2S. The first-order valence-electron chi connectivity index (χ1n) is 9.38. The van der Waals surface area contributed by atoms with Crippen LogP contribution < -0.4 is 0 Å². The minimum absolute atomic E-state index is 0.0621. The topological polar surface area (TPSA) is 42.4 Å². The summed E-state index contributed by atoms with van der Waals surface area (Å²) < 4.78 is 5.87. The Morgan fingerprint density at radius 1 is 1.04 bits per heavy atom. The molecule has 0 spiro atoms. The number of morpholine rings is 1. The first kappa shape index (κ1) is 18.7. The zero-order chi connectivity index (χ0) is 19.2. The number of pyridine rings is 1. The van der Waals surface area contributed by atoms with Gasteiger partial charge in [-0.1, -0.05) is 48.5 Å². The van der Waals surface area contributed by atoms with E-state index in [1.54, 1.807) is 18.0 Å². The fraction of sp³-hybridized carbons (Fsp3) is 0.217. The number of thioether (sulfide) groups is 1. The lowest BCUT2D eigenvalue weighted by Crippen LogP contribution is -2.42. The van der Waals surface area contributed by atoms with E-state index in [0.717, 1.165) is 21.9 Å². The van der Waals surface area contributed by atoms with E-state index in [1.165, 1.54) is 5.56 Å². The lowest BCUT2D eigenvalue weighted by molar-refractivity contribution is -0.0228. The van der Waals surface area contributed by atoms with Gasteiger partial charge < -0.3 is 9.64 Å². The molecule has 2 aromatic carbocycles. The molecule has 1 saturated heterocycles. The Kier molecular flexibility index (Phi) is 6.04. The Bertz CT molecular complexity index is 901. The number of rotatable bonds is 5. The van der Waals surface area contributed by atoms with Crippen LogP contribution in [0.4, 0.5) is 0 Å². The Balaban J connectivity index is 1.37. The van der Waals surface area contributed by atoms with Crippen molar-refractivity contribution in [2.45, 2.75) is 16.9 Å². The molecule has 142 valence electrons. The third-order valence-corrected chi connectivity index (χ3v) is 5.77. The van der Waals surface area contributed by atoms with Crippen LogP contribution in [-0.2, 0) is 10.5 Å². The predicted octanol–water partition coefficient (Wildman–Crippen LogP) is 4.59. The second-order valence-corrected chi connectivity index (χ2v) is 7.67. The van der Waals surface area contributed by atoms with Crippen molar-refractivity contribution in [1.29, 1.82) is 0 Å². The van der Waals surface area contributed by atoms with Crippen LogP contribution in [0.15, 0.2) is 84.0 Å². The van der Waals surface area contributed by atoms with Crippen molar-refractivity contribution < 1.29 is 9.53 Å². The molecule has 28 heavy (non-hydrogen) atoms. The van der Waals surface area contributed by atoms with E-state index in [-0.39, 0.29) is 12.0 Å². The highest BCUT2D eigenvalue weighted by Gasteiger charge is 2.26. The van der Waals surface area contributed by atoms with Crippen molar-refractivity contribution >= 4 is 17.7 Å². The Morgan fingerprint density at radius 2 is 1.82 bits per heavy atom. The highest BCUT2D eigenvalue weighted by molar-refractivity contribution is 7.98. The molecule has 1 unspecified atom stereocenters. The zero-order valence-electron chi connectivity index (χ0n) is 15.5. The molecule has 0 saturated carbocycles. The third-order valence-electron chi connectivity index (χ3n) is 4.75. The SMILES string of the molecule is O=C(c1ccc(CSc2ccccn2)cc1)N1CCOC(c2ccccc2)C1. The molecule has 0 aliphatic carbocycles. The van der Waals surface area contributed by atoms with Crippen LogP contribution in [0.2, 0.25) is 0 Å². The Hall–Kier alpha value is -2.63. The molecule has 0 radical (unpaired) electrons. The predicted molar refractivity (Wildman–Crippen MR) is 111 cm³/mol.